The minimum atomic E-state index is -0.249. The van der Waals surface area contributed by atoms with E-state index in [2.05, 4.69) is 28.5 Å². The third-order valence-electron chi connectivity index (χ3n) is 4.74. The van der Waals surface area contributed by atoms with E-state index in [9.17, 15) is 4.79 Å². The van der Waals surface area contributed by atoms with Gasteiger partial charge in [-0.2, -0.15) is 0 Å². The van der Waals surface area contributed by atoms with Crippen LogP contribution in [0.3, 0.4) is 0 Å². The predicted molar refractivity (Wildman–Crippen MR) is 117 cm³/mol. The molecular formula is C22H25N3OS. The first-order valence-electron chi connectivity index (χ1n) is 9.31. The van der Waals surface area contributed by atoms with Gasteiger partial charge in [0.05, 0.1) is 11.4 Å². The standard InChI is InChI=1S/C22H25N3OS/c1-17-13-15-25(16-14-17)20-10-6-5-9-19(20)23-22(27)24-21(26)12-11-18-7-3-2-4-8-18/h2-12,17H,13-16H2,1H3,(H2,23,24,26,27). The number of para-hydroxylation sites is 2. The molecule has 1 aliphatic heterocycles. The van der Waals surface area contributed by atoms with Gasteiger partial charge in [0.2, 0.25) is 5.91 Å². The Morgan fingerprint density at radius 1 is 1.07 bits per heavy atom. The SMILES string of the molecule is CC1CCN(c2ccccc2NC(=S)NC(=O)C=Cc2ccccc2)CC1. The van der Waals surface area contributed by atoms with Crippen LogP contribution in [0.15, 0.2) is 60.7 Å². The first-order valence-corrected chi connectivity index (χ1v) is 9.72. The number of carbonyl (C=O) groups is 1. The van der Waals surface area contributed by atoms with Crippen molar-refractivity contribution < 1.29 is 4.79 Å². The first-order chi connectivity index (χ1) is 13.1. The fourth-order valence-electron chi connectivity index (χ4n) is 3.15. The summed E-state index contributed by atoms with van der Waals surface area (Å²) >= 11 is 5.33. The van der Waals surface area contributed by atoms with Gasteiger partial charge in [-0.15, -0.1) is 0 Å². The van der Waals surface area contributed by atoms with E-state index < -0.39 is 0 Å². The Morgan fingerprint density at radius 2 is 1.74 bits per heavy atom. The van der Waals surface area contributed by atoms with Crippen molar-refractivity contribution in [2.75, 3.05) is 23.3 Å². The summed E-state index contributed by atoms with van der Waals surface area (Å²) in [7, 11) is 0. The van der Waals surface area contributed by atoms with E-state index in [0.717, 1.165) is 35.9 Å². The number of hydrogen-bond donors (Lipinski definition) is 2. The average Bonchev–Trinajstić information content (AvgIpc) is 2.68. The summed E-state index contributed by atoms with van der Waals surface area (Å²) in [5.41, 5.74) is 3.02. The van der Waals surface area contributed by atoms with Crippen molar-refractivity contribution in [3.63, 3.8) is 0 Å². The molecule has 0 radical (unpaired) electrons. The Hall–Kier alpha value is -2.66. The Balaban J connectivity index is 1.59. The number of carbonyl (C=O) groups excluding carboxylic acids is 1. The molecule has 2 aromatic carbocycles. The maximum Gasteiger partial charge on any atom is 0.250 e. The van der Waals surface area contributed by atoms with Crippen LogP contribution in [0.1, 0.15) is 25.3 Å². The van der Waals surface area contributed by atoms with Gasteiger partial charge in [-0.3, -0.25) is 10.1 Å². The summed E-state index contributed by atoms with van der Waals surface area (Å²) in [5, 5.41) is 6.19. The zero-order chi connectivity index (χ0) is 19.1. The highest BCUT2D eigenvalue weighted by atomic mass is 32.1. The van der Waals surface area contributed by atoms with Crippen molar-refractivity contribution in [3.05, 3.63) is 66.2 Å². The molecule has 3 rings (SSSR count). The zero-order valence-electron chi connectivity index (χ0n) is 15.5. The van der Waals surface area contributed by atoms with Crippen molar-refractivity contribution in [3.8, 4) is 0 Å². The zero-order valence-corrected chi connectivity index (χ0v) is 16.3. The number of rotatable bonds is 4. The average molecular weight is 380 g/mol. The Morgan fingerprint density at radius 3 is 2.48 bits per heavy atom. The van der Waals surface area contributed by atoms with E-state index >= 15 is 0 Å². The number of amides is 1. The molecule has 140 valence electrons. The molecule has 1 aliphatic rings. The minimum absolute atomic E-state index is 0.249. The fourth-order valence-corrected chi connectivity index (χ4v) is 3.36. The molecular weight excluding hydrogens is 354 g/mol. The van der Waals surface area contributed by atoms with Gasteiger partial charge in [0.15, 0.2) is 5.11 Å². The Labute approximate surface area is 166 Å². The van der Waals surface area contributed by atoms with Crippen molar-refractivity contribution in [2.24, 2.45) is 5.92 Å². The highest BCUT2D eigenvalue weighted by Gasteiger charge is 2.18. The molecule has 4 nitrogen and oxygen atoms in total. The number of thiocarbonyl (C=S) groups is 1. The molecule has 0 unspecified atom stereocenters. The normalized spacial score (nSPS) is 14.9. The molecule has 1 heterocycles. The van der Waals surface area contributed by atoms with Crippen molar-refractivity contribution in [1.29, 1.82) is 0 Å². The highest BCUT2D eigenvalue weighted by Crippen LogP contribution is 2.29. The van der Waals surface area contributed by atoms with Crippen molar-refractivity contribution in [1.82, 2.24) is 5.32 Å². The van der Waals surface area contributed by atoms with E-state index in [1.54, 1.807) is 6.08 Å². The van der Waals surface area contributed by atoms with E-state index in [0.29, 0.717) is 5.11 Å². The minimum Gasteiger partial charge on any atom is -0.370 e. The second kappa shape index (κ2) is 9.33. The molecule has 0 aliphatic carbocycles. The molecule has 27 heavy (non-hydrogen) atoms. The van der Waals surface area contributed by atoms with E-state index in [4.69, 9.17) is 12.2 Å². The van der Waals surface area contributed by atoms with Gasteiger partial charge in [-0.05, 0) is 54.7 Å². The fraction of sp³-hybridized carbons (Fsp3) is 0.273. The highest BCUT2D eigenvalue weighted by molar-refractivity contribution is 7.80. The number of benzene rings is 2. The van der Waals surface area contributed by atoms with Crippen LogP contribution in [-0.2, 0) is 4.79 Å². The van der Waals surface area contributed by atoms with Crippen LogP contribution < -0.4 is 15.5 Å². The quantitative estimate of drug-likeness (QED) is 0.608. The molecule has 1 fully saturated rings. The third kappa shape index (κ3) is 5.66. The Bertz CT molecular complexity index is 811. The van der Waals surface area contributed by atoms with E-state index in [1.807, 2.05) is 48.5 Å². The molecule has 0 saturated carbocycles. The predicted octanol–water partition coefficient (Wildman–Crippen LogP) is 4.45. The molecule has 1 amide bonds. The van der Waals surface area contributed by atoms with Gasteiger partial charge in [0.1, 0.15) is 0 Å². The summed E-state index contributed by atoms with van der Waals surface area (Å²) in [6, 6.07) is 17.8. The molecule has 2 N–H and O–H groups in total. The van der Waals surface area contributed by atoms with Gasteiger partial charge in [0, 0.05) is 19.2 Å². The molecule has 0 aromatic heterocycles. The van der Waals surface area contributed by atoms with Crippen molar-refractivity contribution in [2.45, 2.75) is 19.8 Å². The number of piperidine rings is 1. The summed E-state index contributed by atoms with van der Waals surface area (Å²) in [6.07, 6.45) is 5.64. The van der Waals surface area contributed by atoms with Crippen LogP contribution in [-0.4, -0.2) is 24.1 Å². The number of nitrogens with zero attached hydrogens (tertiary/aromatic N) is 1. The Kier molecular flexibility index (Phi) is 6.60. The van der Waals surface area contributed by atoms with Crippen LogP contribution in [0, 0.1) is 5.92 Å². The summed E-state index contributed by atoms with van der Waals surface area (Å²) in [5.74, 6) is 0.527. The maximum atomic E-state index is 12.1. The second-order valence-corrected chi connectivity index (χ2v) is 7.28. The number of anilines is 2. The van der Waals surface area contributed by atoms with Gasteiger partial charge < -0.3 is 10.2 Å². The largest absolute Gasteiger partial charge is 0.370 e. The summed E-state index contributed by atoms with van der Waals surface area (Å²) in [6.45, 7) is 4.38. The van der Waals surface area contributed by atoms with Crippen molar-refractivity contribution >= 4 is 40.7 Å². The van der Waals surface area contributed by atoms with Crippen LogP contribution >= 0.6 is 12.2 Å². The topological polar surface area (TPSA) is 44.4 Å². The maximum absolute atomic E-state index is 12.1. The summed E-state index contributed by atoms with van der Waals surface area (Å²) < 4.78 is 0. The van der Waals surface area contributed by atoms with Crippen LogP contribution in [0.25, 0.3) is 6.08 Å². The molecule has 1 saturated heterocycles. The monoisotopic (exact) mass is 379 g/mol. The summed E-state index contributed by atoms with van der Waals surface area (Å²) in [4.78, 5) is 14.5. The first kappa shape index (κ1) is 19.1. The lowest BCUT2D eigenvalue weighted by molar-refractivity contribution is -0.115. The molecule has 0 spiro atoms. The van der Waals surface area contributed by atoms with E-state index in [1.165, 1.54) is 18.9 Å². The number of hydrogen-bond acceptors (Lipinski definition) is 3. The lowest BCUT2D eigenvalue weighted by Crippen LogP contribution is -2.35. The lowest BCUT2D eigenvalue weighted by atomic mass is 9.98. The number of nitrogens with one attached hydrogen (secondary N) is 2. The van der Waals surface area contributed by atoms with Gasteiger partial charge >= 0.3 is 0 Å². The van der Waals surface area contributed by atoms with E-state index in [-0.39, 0.29) is 5.91 Å². The van der Waals surface area contributed by atoms with Gasteiger partial charge in [-0.1, -0.05) is 49.4 Å². The molecule has 5 heteroatoms. The van der Waals surface area contributed by atoms with Gasteiger partial charge in [-0.25, -0.2) is 0 Å². The molecule has 2 aromatic rings. The second-order valence-electron chi connectivity index (χ2n) is 6.87. The smallest absolute Gasteiger partial charge is 0.250 e. The van der Waals surface area contributed by atoms with Crippen LogP contribution in [0.5, 0.6) is 0 Å². The molecule has 0 atom stereocenters. The van der Waals surface area contributed by atoms with Gasteiger partial charge in [0.25, 0.3) is 0 Å². The van der Waals surface area contributed by atoms with Crippen LogP contribution in [0.2, 0.25) is 0 Å². The third-order valence-corrected chi connectivity index (χ3v) is 4.94. The lowest BCUT2D eigenvalue weighted by Gasteiger charge is -2.33. The van der Waals surface area contributed by atoms with Crippen LogP contribution in [0.4, 0.5) is 11.4 Å². The molecule has 0 bridgehead atoms.